The second-order valence-electron chi connectivity index (χ2n) is 6.98. The third kappa shape index (κ3) is 4.21. The predicted molar refractivity (Wildman–Crippen MR) is 109 cm³/mol. The number of thiophene rings is 1. The Labute approximate surface area is 176 Å². The number of nitrogens with one attached hydrogen (secondary N) is 1. The number of rotatable bonds is 5. The number of piperidine rings is 1. The summed E-state index contributed by atoms with van der Waals surface area (Å²) in [6.45, 7) is 2.93. The van der Waals surface area contributed by atoms with E-state index in [2.05, 4.69) is 14.9 Å². The van der Waals surface area contributed by atoms with Crippen molar-refractivity contribution in [3.63, 3.8) is 0 Å². The van der Waals surface area contributed by atoms with Crippen LogP contribution in [0.3, 0.4) is 0 Å². The summed E-state index contributed by atoms with van der Waals surface area (Å²) in [5.41, 5.74) is 1.16. The van der Waals surface area contributed by atoms with E-state index in [4.69, 9.17) is 4.42 Å². The molecule has 0 radical (unpaired) electrons. The monoisotopic (exact) mass is 450 g/mol. The van der Waals surface area contributed by atoms with Gasteiger partial charge in [-0.2, -0.15) is 0 Å². The Kier molecular flexibility index (Phi) is 5.56. The first kappa shape index (κ1) is 20.5. The van der Waals surface area contributed by atoms with E-state index in [9.17, 15) is 17.6 Å². The molecule has 11 heteroatoms. The molecule has 1 aromatic carbocycles. The molecule has 0 aliphatic carbocycles. The summed E-state index contributed by atoms with van der Waals surface area (Å²) in [6.07, 6.45) is 2.98. The Morgan fingerprint density at radius 2 is 1.97 bits per heavy atom. The van der Waals surface area contributed by atoms with Crippen LogP contribution < -0.4 is 4.72 Å². The lowest BCUT2D eigenvalue weighted by atomic mass is 10.1. The highest BCUT2D eigenvalue weighted by atomic mass is 32.2. The van der Waals surface area contributed by atoms with E-state index in [-0.39, 0.29) is 21.9 Å². The molecule has 0 unspecified atom stereocenters. The van der Waals surface area contributed by atoms with Crippen LogP contribution in [-0.4, -0.2) is 42.5 Å². The molecule has 3 heterocycles. The van der Waals surface area contributed by atoms with Gasteiger partial charge in [0.15, 0.2) is 0 Å². The summed E-state index contributed by atoms with van der Waals surface area (Å²) in [7, 11) is -3.88. The summed E-state index contributed by atoms with van der Waals surface area (Å²) in [5, 5.41) is 9.28. The van der Waals surface area contributed by atoms with Gasteiger partial charge in [-0.3, -0.25) is 9.52 Å². The lowest BCUT2D eigenvalue weighted by Gasteiger charge is -2.24. The molecule has 1 fully saturated rings. The summed E-state index contributed by atoms with van der Waals surface area (Å²) >= 11 is 0.978. The van der Waals surface area contributed by atoms with E-state index in [1.807, 2.05) is 0 Å². The minimum Gasteiger partial charge on any atom is -0.412 e. The highest BCUT2D eigenvalue weighted by Gasteiger charge is 2.25. The fraction of sp³-hybridized carbons (Fsp3) is 0.316. The normalized spacial score (nSPS) is 14.7. The maximum absolute atomic E-state index is 13.2. The molecule has 1 N–H and O–H groups in total. The second kappa shape index (κ2) is 8.15. The van der Waals surface area contributed by atoms with E-state index >= 15 is 0 Å². The fourth-order valence-electron chi connectivity index (χ4n) is 3.16. The smallest absolute Gasteiger partial charge is 0.311 e. The molecule has 3 aromatic rings. The lowest BCUT2D eigenvalue weighted by Crippen LogP contribution is -2.35. The molecule has 1 aliphatic rings. The summed E-state index contributed by atoms with van der Waals surface area (Å²) < 4.78 is 46.6. The molecule has 1 aliphatic heterocycles. The zero-order chi connectivity index (χ0) is 21.3. The molecule has 0 saturated carbocycles. The molecule has 8 nitrogen and oxygen atoms in total. The van der Waals surface area contributed by atoms with Crippen molar-refractivity contribution in [1.29, 1.82) is 0 Å². The van der Waals surface area contributed by atoms with Gasteiger partial charge < -0.3 is 9.32 Å². The van der Waals surface area contributed by atoms with Gasteiger partial charge >= 0.3 is 11.8 Å². The Morgan fingerprint density at radius 1 is 1.20 bits per heavy atom. The molecule has 158 valence electrons. The van der Waals surface area contributed by atoms with Gasteiger partial charge in [0, 0.05) is 18.5 Å². The first-order valence-corrected chi connectivity index (χ1v) is 11.7. The van der Waals surface area contributed by atoms with Crippen molar-refractivity contribution in [3.8, 4) is 11.5 Å². The maximum Gasteiger partial charge on any atom is 0.311 e. The Hall–Kier alpha value is -2.79. The number of aryl methyl sites for hydroxylation is 1. The Bertz CT molecular complexity index is 1180. The van der Waals surface area contributed by atoms with Gasteiger partial charge in [0.1, 0.15) is 10.0 Å². The average Bonchev–Trinajstić information content (AvgIpc) is 3.40. The van der Waals surface area contributed by atoms with Crippen molar-refractivity contribution in [2.24, 2.45) is 0 Å². The molecule has 0 atom stereocenters. The highest BCUT2D eigenvalue weighted by Crippen LogP contribution is 2.30. The number of likely N-dealkylation sites (tertiary alicyclic amines) is 1. The van der Waals surface area contributed by atoms with Crippen LogP contribution in [0.5, 0.6) is 0 Å². The molecule has 0 spiro atoms. The van der Waals surface area contributed by atoms with Gasteiger partial charge in [-0.05, 0) is 56.0 Å². The summed E-state index contributed by atoms with van der Waals surface area (Å²) in [4.78, 5) is 14.1. The Morgan fingerprint density at radius 3 is 2.70 bits per heavy atom. The maximum atomic E-state index is 13.2. The summed E-state index contributed by atoms with van der Waals surface area (Å²) in [5.74, 6) is -0.793. The lowest BCUT2D eigenvalue weighted by molar-refractivity contribution is 0.0684. The zero-order valence-corrected chi connectivity index (χ0v) is 17.7. The minimum atomic E-state index is -3.88. The molecule has 1 saturated heterocycles. The number of carbonyl (C=O) groups is 1. The van der Waals surface area contributed by atoms with E-state index in [0.717, 1.165) is 30.6 Å². The molecule has 4 rings (SSSR count). The van der Waals surface area contributed by atoms with Crippen LogP contribution in [0.1, 0.15) is 35.5 Å². The van der Waals surface area contributed by atoms with Crippen molar-refractivity contribution >= 4 is 33.0 Å². The van der Waals surface area contributed by atoms with Gasteiger partial charge in [0.25, 0.3) is 10.0 Å². The number of aromatic nitrogens is 2. The standard InChI is InChI=1S/C19H19FN4O4S2/c1-12-9-14(20)5-6-15(12)23-30(26,27)16-10-13(11-29-16)17-21-22-18(28-17)19(25)24-7-3-2-4-8-24/h5-6,9-11,23H,2-4,7-8H2,1H3. The van der Waals surface area contributed by atoms with E-state index in [0.29, 0.717) is 29.9 Å². The highest BCUT2D eigenvalue weighted by molar-refractivity contribution is 7.94. The van der Waals surface area contributed by atoms with E-state index in [1.54, 1.807) is 17.2 Å². The van der Waals surface area contributed by atoms with Gasteiger partial charge in [-0.25, -0.2) is 12.8 Å². The van der Waals surface area contributed by atoms with Crippen LogP contribution in [0.25, 0.3) is 11.5 Å². The average molecular weight is 451 g/mol. The number of halogens is 1. The Balaban J connectivity index is 1.52. The van der Waals surface area contributed by atoms with Crippen molar-refractivity contribution in [1.82, 2.24) is 15.1 Å². The zero-order valence-electron chi connectivity index (χ0n) is 16.1. The first-order valence-electron chi connectivity index (χ1n) is 9.34. The number of anilines is 1. The molecule has 0 bridgehead atoms. The van der Waals surface area contributed by atoms with E-state index in [1.165, 1.54) is 24.3 Å². The van der Waals surface area contributed by atoms with Gasteiger partial charge in [0.05, 0.1) is 11.3 Å². The van der Waals surface area contributed by atoms with Crippen LogP contribution in [0.2, 0.25) is 0 Å². The molecule has 30 heavy (non-hydrogen) atoms. The van der Waals surface area contributed by atoms with Crippen molar-refractivity contribution in [2.75, 3.05) is 17.8 Å². The number of carbonyl (C=O) groups excluding carboxylic acids is 1. The molecular weight excluding hydrogens is 431 g/mol. The molecular formula is C19H19FN4O4S2. The quantitative estimate of drug-likeness (QED) is 0.636. The number of nitrogens with zero attached hydrogens (tertiary/aromatic N) is 3. The molecule has 1 amide bonds. The van der Waals surface area contributed by atoms with Crippen molar-refractivity contribution in [3.05, 3.63) is 46.9 Å². The van der Waals surface area contributed by atoms with Crippen LogP contribution in [0.15, 0.2) is 38.3 Å². The second-order valence-corrected chi connectivity index (χ2v) is 9.80. The SMILES string of the molecule is Cc1cc(F)ccc1NS(=O)(=O)c1cc(-c2nnc(C(=O)N3CCCCC3)o2)cs1. The third-order valence-corrected chi connectivity index (χ3v) is 7.58. The fourth-order valence-corrected chi connectivity index (χ4v) is 5.45. The van der Waals surface area contributed by atoms with Gasteiger partial charge in [-0.15, -0.1) is 21.5 Å². The third-order valence-electron chi connectivity index (χ3n) is 4.77. The number of benzene rings is 1. The van der Waals surface area contributed by atoms with Crippen molar-refractivity contribution in [2.45, 2.75) is 30.4 Å². The number of amides is 1. The predicted octanol–water partition coefficient (Wildman–Crippen LogP) is 3.67. The van der Waals surface area contributed by atoms with Crippen LogP contribution in [-0.2, 0) is 10.0 Å². The molecule has 2 aromatic heterocycles. The largest absolute Gasteiger partial charge is 0.412 e. The van der Waals surface area contributed by atoms with Gasteiger partial charge in [0.2, 0.25) is 5.89 Å². The van der Waals surface area contributed by atoms with Crippen LogP contribution in [0.4, 0.5) is 10.1 Å². The minimum absolute atomic E-state index is 0.0309. The van der Waals surface area contributed by atoms with Crippen molar-refractivity contribution < 1.29 is 22.0 Å². The topological polar surface area (TPSA) is 105 Å². The number of hydrogen-bond acceptors (Lipinski definition) is 7. The first-order chi connectivity index (χ1) is 14.3. The number of sulfonamides is 1. The van der Waals surface area contributed by atoms with Gasteiger partial charge in [-0.1, -0.05) is 0 Å². The van der Waals surface area contributed by atoms with Crippen LogP contribution in [0, 0.1) is 12.7 Å². The summed E-state index contributed by atoms with van der Waals surface area (Å²) in [6, 6.07) is 5.20. The van der Waals surface area contributed by atoms with E-state index < -0.39 is 15.8 Å². The van der Waals surface area contributed by atoms with Crippen LogP contribution >= 0.6 is 11.3 Å². The number of hydrogen-bond donors (Lipinski definition) is 1.